The van der Waals surface area contributed by atoms with Crippen LogP contribution in [-0.4, -0.2) is 12.6 Å². The van der Waals surface area contributed by atoms with Crippen molar-refractivity contribution < 1.29 is 9.53 Å². The SMILES string of the molecule is CCOC(=O)/C=C1\CC[C@H]2[C@@H]3CC[C@@H]4CCCC[C@]4(C)[C@H]3CC[C@]12C. The maximum atomic E-state index is 12.0. The van der Waals surface area contributed by atoms with Gasteiger partial charge in [-0.1, -0.05) is 32.3 Å². The molecule has 0 heterocycles. The molecule has 0 aromatic rings. The van der Waals surface area contributed by atoms with Crippen molar-refractivity contribution in [3.8, 4) is 0 Å². The molecular formula is C23H36O2. The lowest BCUT2D eigenvalue weighted by Crippen LogP contribution is -2.52. The first-order valence-corrected chi connectivity index (χ1v) is 10.9. The molecule has 0 N–H and O–H groups in total. The zero-order valence-corrected chi connectivity index (χ0v) is 16.5. The first-order chi connectivity index (χ1) is 12.0. The third kappa shape index (κ3) is 2.70. The van der Waals surface area contributed by atoms with Gasteiger partial charge in [-0.3, -0.25) is 0 Å². The molecule has 4 rings (SSSR count). The average Bonchev–Trinajstić information content (AvgIpc) is 2.91. The predicted octanol–water partition coefficient (Wildman–Crippen LogP) is 5.91. The summed E-state index contributed by atoms with van der Waals surface area (Å²) in [6, 6.07) is 0. The molecule has 25 heavy (non-hydrogen) atoms. The molecule has 0 aliphatic heterocycles. The molecule has 2 nitrogen and oxygen atoms in total. The highest BCUT2D eigenvalue weighted by molar-refractivity contribution is 5.83. The fourth-order valence-electron chi connectivity index (χ4n) is 7.71. The Bertz CT molecular complexity index is 564. The van der Waals surface area contributed by atoms with Gasteiger partial charge in [0, 0.05) is 6.08 Å². The molecule has 140 valence electrons. The smallest absolute Gasteiger partial charge is 0.330 e. The van der Waals surface area contributed by atoms with Crippen LogP contribution in [-0.2, 0) is 9.53 Å². The van der Waals surface area contributed by atoms with Gasteiger partial charge in [0.25, 0.3) is 0 Å². The highest BCUT2D eigenvalue weighted by Gasteiger charge is 2.58. The lowest BCUT2D eigenvalue weighted by molar-refractivity contribution is -0.137. The molecule has 4 aliphatic rings. The van der Waals surface area contributed by atoms with Gasteiger partial charge in [-0.25, -0.2) is 4.79 Å². The second-order valence-corrected chi connectivity index (χ2v) is 9.82. The first-order valence-electron chi connectivity index (χ1n) is 10.9. The molecule has 0 radical (unpaired) electrons. The second-order valence-electron chi connectivity index (χ2n) is 9.82. The number of carbonyl (C=O) groups is 1. The standard InChI is InChI=1S/C23H36O2/c1-4-25-21(24)15-17-9-11-19-18-10-8-16-7-5-6-13-22(16,2)20(18)12-14-23(17,19)3/h15-16,18-20H,4-14H2,1-3H3/b17-15+/t16-,18-,19-,20-,22-,23+/m0/s1. The summed E-state index contributed by atoms with van der Waals surface area (Å²) in [6.07, 6.45) is 15.7. The monoisotopic (exact) mass is 344 g/mol. The number of allylic oxidation sites excluding steroid dienone is 1. The normalized spacial score (nSPS) is 47.7. The molecule has 4 fully saturated rings. The Morgan fingerprint density at radius 3 is 2.72 bits per heavy atom. The number of hydrogen-bond donors (Lipinski definition) is 0. The molecule has 4 aliphatic carbocycles. The van der Waals surface area contributed by atoms with E-state index in [2.05, 4.69) is 13.8 Å². The summed E-state index contributed by atoms with van der Waals surface area (Å²) < 4.78 is 5.21. The Labute approximate surface area is 153 Å². The Morgan fingerprint density at radius 2 is 1.92 bits per heavy atom. The predicted molar refractivity (Wildman–Crippen MR) is 101 cm³/mol. The zero-order valence-electron chi connectivity index (χ0n) is 16.5. The molecule has 4 saturated carbocycles. The van der Waals surface area contributed by atoms with Crippen molar-refractivity contribution in [2.24, 2.45) is 34.5 Å². The van der Waals surface area contributed by atoms with E-state index in [-0.39, 0.29) is 11.4 Å². The van der Waals surface area contributed by atoms with Crippen molar-refractivity contribution in [2.75, 3.05) is 6.61 Å². The Morgan fingerprint density at radius 1 is 1.08 bits per heavy atom. The number of fused-ring (bicyclic) bond motifs is 5. The van der Waals surface area contributed by atoms with E-state index in [1.807, 2.05) is 13.0 Å². The van der Waals surface area contributed by atoms with E-state index in [4.69, 9.17) is 4.74 Å². The summed E-state index contributed by atoms with van der Waals surface area (Å²) in [5.74, 6) is 3.50. The summed E-state index contributed by atoms with van der Waals surface area (Å²) in [5, 5.41) is 0. The maximum absolute atomic E-state index is 12.0. The van der Waals surface area contributed by atoms with Crippen LogP contribution >= 0.6 is 0 Å². The minimum absolute atomic E-state index is 0.121. The molecule has 0 spiro atoms. The van der Waals surface area contributed by atoms with Crippen LogP contribution in [0.25, 0.3) is 0 Å². The quantitative estimate of drug-likeness (QED) is 0.460. The van der Waals surface area contributed by atoms with E-state index in [0.717, 1.165) is 30.1 Å². The molecule has 0 aromatic carbocycles. The van der Waals surface area contributed by atoms with Gasteiger partial charge in [-0.15, -0.1) is 0 Å². The highest BCUT2D eigenvalue weighted by atomic mass is 16.5. The van der Waals surface area contributed by atoms with Gasteiger partial charge in [0.15, 0.2) is 0 Å². The zero-order chi connectivity index (χ0) is 17.7. The molecular weight excluding hydrogens is 308 g/mol. The van der Waals surface area contributed by atoms with E-state index in [0.29, 0.717) is 12.0 Å². The van der Waals surface area contributed by atoms with Crippen LogP contribution in [0.5, 0.6) is 0 Å². The van der Waals surface area contributed by atoms with Crippen LogP contribution in [0.1, 0.15) is 85.0 Å². The van der Waals surface area contributed by atoms with Crippen LogP contribution in [0.3, 0.4) is 0 Å². The molecule has 2 heteroatoms. The number of ether oxygens (including phenoxy) is 1. The van der Waals surface area contributed by atoms with Crippen molar-refractivity contribution >= 4 is 5.97 Å². The second kappa shape index (κ2) is 6.43. The van der Waals surface area contributed by atoms with Gasteiger partial charge in [-0.05, 0) is 92.8 Å². The fraction of sp³-hybridized carbons (Fsp3) is 0.870. The summed E-state index contributed by atoms with van der Waals surface area (Å²) in [7, 11) is 0. The summed E-state index contributed by atoms with van der Waals surface area (Å²) in [4.78, 5) is 12.0. The van der Waals surface area contributed by atoms with E-state index in [1.54, 1.807) is 0 Å². The van der Waals surface area contributed by atoms with Gasteiger partial charge >= 0.3 is 5.97 Å². The van der Waals surface area contributed by atoms with Crippen LogP contribution in [0.4, 0.5) is 0 Å². The molecule has 0 bridgehead atoms. The van der Waals surface area contributed by atoms with Gasteiger partial charge in [0.2, 0.25) is 0 Å². The van der Waals surface area contributed by atoms with Crippen molar-refractivity contribution in [1.29, 1.82) is 0 Å². The summed E-state index contributed by atoms with van der Waals surface area (Å²) >= 11 is 0. The molecule has 0 amide bonds. The van der Waals surface area contributed by atoms with E-state index >= 15 is 0 Å². The van der Waals surface area contributed by atoms with Crippen molar-refractivity contribution in [2.45, 2.75) is 85.0 Å². The van der Waals surface area contributed by atoms with Crippen LogP contribution in [0, 0.1) is 34.5 Å². The van der Waals surface area contributed by atoms with E-state index < -0.39 is 0 Å². The van der Waals surface area contributed by atoms with E-state index in [1.165, 1.54) is 63.4 Å². The third-order valence-corrected chi connectivity index (χ3v) is 9.01. The van der Waals surface area contributed by atoms with Gasteiger partial charge in [-0.2, -0.15) is 0 Å². The average molecular weight is 345 g/mol. The largest absolute Gasteiger partial charge is 0.463 e. The number of carbonyl (C=O) groups excluding carboxylic acids is 1. The molecule has 0 saturated heterocycles. The Balaban J connectivity index is 1.58. The fourth-order valence-corrected chi connectivity index (χ4v) is 7.71. The van der Waals surface area contributed by atoms with Crippen LogP contribution in [0.15, 0.2) is 11.6 Å². The van der Waals surface area contributed by atoms with Crippen LogP contribution in [0.2, 0.25) is 0 Å². The highest BCUT2D eigenvalue weighted by Crippen LogP contribution is 2.67. The maximum Gasteiger partial charge on any atom is 0.330 e. The van der Waals surface area contributed by atoms with Gasteiger partial charge in [0.05, 0.1) is 6.61 Å². The van der Waals surface area contributed by atoms with Gasteiger partial charge in [0.1, 0.15) is 0 Å². The lowest BCUT2D eigenvalue weighted by Gasteiger charge is -2.60. The van der Waals surface area contributed by atoms with Gasteiger partial charge < -0.3 is 4.74 Å². The minimum atomic E-state index is -0.121. The molecule has 6 atom stereocenters. The van der Waals surface area contributed by atoms with Crippen molar-refractivity contribution in [3.05, 3.63) is 11.6 Å². The number of esters is 1. The number of hydrogen-bond acceptors (Lipinski definition) is 2. The molecule has 0 unspecified atom stereocenters. The Hall–Kier alpha value is -0.790. The third-order valence-electron chi connectivity index (χ3n) is 9.01. The van der Waals surface area contributed by atoms with Crippen LogP contribution < -0.4 is 0 Å². The van der Waals surface area contributed by atoms with Crippen molar-refractivity contribution in [1.82, 2.24) is 0 Å². The summed E-state index contributed by atoms with van der Waals surface area (Å²) in [6.45, 7) is 7.47. The topological polar surface area (TPSA) is 26.3 Å². The van der Waals surface area contributed by atoms with Crippen molar-refractivity contribution in [3.63, 3.8) is 0 Å². The number of rotatable bonds is 2. The van der Waals surface area contributed by atoms with E-state index in [9.17, 15) is 4.79 Å². The Kier molecular flexibility index (Phi) is 4.53. The lowest BCUT2D eigenvalue weighted by atomic mass is 9.45. The minimum Gasteiger partial charge on any atom is -0.463 e. The molecule has 0 aromatic heterocycles. The summed E-state index contributed by atoms with van der Waals surface area (Å²) in [5.41, 5.74) is 2.26. The first kappa shape index (κ1) is 17.6.